The van der Waals surface area contributed by atoms with Crippen LogP contribution < -0.4 is 10.1 Å². The van der Waals surface area contributed by atoms with Crippen molar-refractivity contribution in [3.63, 3.8) is 0 Å². The number of anilines is 1. The predicted molar refractivity (Wildman–Crippen MR) is 76.7 cm³/mol. The second-order valence-electron chi connectivity index (χ2n) is 4.87. The molecule has 0 saturated carbocycles. The lowest BCUT2D eigenvalue weighted by atomic mass is 9.99. The minimum absolute atomic E-state index is 0.0115. The highest BCUT2D eigenvalue weighted by atomic mass is 16.5. The molecule has 1 aliphatic heterocycles. The molecule has 102 valence electrons. The zero-order valence-electron chi connectivity index (χ0n) is 11.1. The van der Waals surface area contributed by atoms with Gasteiger partial charge in [-0.1, -0.05) is 18.2 Å². The first kappa shape index (κ1) is 12.7. The van der Waals surface area contributed by atoms with Gasteiger partial charge in [0.05, 0.1) is 12.3 Å². The maximum atomic E-state index is 11.4. The molecule has 1 amide bonds. The van der Waals surface area contributed by atoms with E-state index in [0.717, 1.165) is 28.0 Å². The Morgan fingerprint density at radius 3 is 2.90 bits per heavy atom. The zero-order chi connectivity index (χ0) is 14.1. The fourth-order valence-electron chi connectivity index (χ4n) is 2.40. The summed E-state index contributed by atoms with van der Waals surface area (Å²) in [6.07, 6.45) is 0. The zero-order valence-corrected chi connectivity index (χ0v) is 11.1. The maximum Gasteiger partial charge on any atom is 0.262 e. The van der Waals surface area contributed by atoms with E-state index in [-0.39, 0.29) is 19.1 Å². The maximum absolute atomic E-state index is 11.4. The van der Waals surface area contributed by atoms with Crippen molar-refractivity contribution >= 4 is 11.6 Å². The van der Waals surface area contributed by atoms with Crippen LogP contribution in [0.1, 0.15) is 11.1 Å². The number of hydrogen-bond acceptors (Lipinski definition) is 3. The molecule has 0 bridgehead atoms. The first-order valence-electron chi connectivity index (χ1n) is 6.45. The minimum Gasteiger partial charge on any atom is -0.481 e. The number of carbonyl (C=O) groups is 1. The van der Waals surface area contributed by atoms with Gasteiger partial charge in [0.1, 0.15) is 5.75 Å². The predicted octanol–water partition coefficient (Wildman–Crippen LogP) is 2.49. The number of aryl methyl sites for hydroxylation is 1. The van der Waals surface area contributed by atoms with Crippen molar-refractivity contribution in [1.29, 1.82) is 0 Å². The molecule has 0 spiro atoms. The number of hydrogen-bond donors (Lipinski definition) is 2. The van der Waals surface area contributed by atoms with Gasteiger partial charge in [-0.3, -0.25) is 4.79 Å². The van der Waals surface area contributed by atoms with Crippen molar-refractivity contribution in [2.24, 2.45) is 0 Å². The lowest BCUT2D eigenvalue weighted by Crippen LogP contribution is -2.25. The van der Waals surface area contributed by atoms with Crippen LogP contribution in [0.25, 0.3) is 11.1 Å². The third-order valence-corrected chi connectivity index (χ3v) is 3.34. The summed E-state index contributed by atoms with van der Waals surface area (Å²) in [6.45, 7) is 2.03. The number of fused-ring (bicyclic) bond motifs is 1. The van der Waals surface area contributed by atoms with Gasteiger partial charge in [-0.2, -0.15) is 0 Å². The van der Waals surface area contributed by atoms with E-state index in [1.807, 2.05) is 43.3 Å². The van der Waals surface area contributed by atoms with Crippen molar-refractivity contribution in [3.8, 4) is 16.9 Å². The number of ether oxygens (including phenoxy) is 1. The van der Waals surface area contributed by atoms with Gasteiger partial charge in [-0.25, -0.2) is 0 Å². The van der Waals surface area contributed by atoms with Crippen LogP contribution in [0.4, 0.5) is 5.69 Å². The van der Waals surface area contributed by atoms with Gasteiger partial charge in [0, 0.05) is 0 Å². The average Bonchev–Trinajstić information content (AvgIpc) is 2.46. The summed E-state index contributed by atoms with van der Waals surface area (Å²) in [4.78, 5) is 11.4. The van der Waals surface area contributed by atoms with Gasteiger partial charge in [0.25, 0.3) is 5.91 Å². The highest BCUT2D eigenvalue weighted by molar-refractivity contribution is 5.96. The summed E-state index contributed by atoms with van der Waals surface area (Å²) in [5.74, 6) is 0.588. The van der Waals surface area contributed by atoms with Gasteiger partial charge in [0.2, 0.25) is 0 Å². The van der Waals surface area contributed by atoms with E-state index >= 15 is 0 Å². The normalized spacial score (nSPS) is 13.4. The Labute approximate surface area is 117 Å². The van der Waals surface area contributed by atoms with Crippen LogP contribution in [0, 0.1) is 6.92 Å². The van der Waals surface area contributed by atoms with E-state index in [0.29, 0.717) is 5.69 Å². The highest BCUT2D eigenvalue weighted by Crippen LogP contribution is 2.36. The molecule has 0 radical (unpaired) electrons. The molecular formula is C16H15NO3. The van der Waals surface area contributed by atoms with E-state index in [1.54, 1.807) is 0 Å². The van der Waals surface area contributed by atoms with Crippen molar-refractivity contribution in [2.45, 2.75) is 13.5 Å². The molecule has 0 atom stereocenters. The first-order chi connectivity index (χ1) is 9.67. The van der Waals surface area contributed by atoms with Crippen molar-refractivity contribution in [1.82, 2.24) is 0 Å². The molecule has 1 aliphatic rings. The van der Waals surface area contributed by atoms with E-state index < -0.39 is 0 Å². The molecule has 2 aromatic carbocycles. The van der Waals surface area contributed by atoms with Crippen LogP contribution in [-0.4, -0.2) is 17.6 Å². The number of aliphatic hydroxyl groups is 1. The Bertz CT molecular complexity index is 679. The van der Waals surface area contributed by atoms with E-state index in [1.165, 1.54) is 0 Å². The van der Waals surface area contributed by atoms with Crippen LogP contribution in [0.5, 0.6) is 5.75 Å². The molecule has 0 unspecified atom stereocenters. The van der Waals surface area contributed by atoms with E-state index in [9.17, 15) is 9.90 Å². The third-order valence-electron chi connectivity index (χ3n) is 3.34. The van der Waals surface area contributed by atoms with Crippen molar-refractivity contribution in [3.05, 3.63) is 47.5 Å². The molecular weight excluding hydrogens is 254 g/mol. The molecule has 2 aromatic rings. The van der Waals surface area contributed by atoms with E-state index in [2.05, 4.69) is 5.32 Å². The molecule has 3 rings (SSSR count). The fourth-order valence-corrected chi connectivity index (χ4v) is 2.40. The van der Waals surface area contributed by atoms with Crippen LogP contribution in [0.15, 0.2) is 36.4 Å². The summed E-state index contributed by atoms with van der Waals surface area (Å²) in [5.41, 5.74) is 4.53. The van der Waals surface area contributed by atoms with Crippen LogP contribution in [0.2, 0.25) is 0 Å². The van der Waals surface area contributed by atoms with Gasteiger partial charge >= 0.3 is 0 Å². The van der Waals surface area contributed by atoms with Crippen LogP contribution >= 0.6 is 0 Å². The Morgan fingerprint density at radius 2 is 2.10 bits per heavy atom. The van der Waals surface area contributed by atoms with Crippen LogP contribution in [-0.2, 0) is 11.4 Å². The average molecular weight is 269 g/mol. The molecule has 4 nitrogen and oxygen atoms in total. The highest BCUT2D eigenvalue weighted by Gasteiger charge is 2.19. The second-order valence-corrected chi connectivity index (χ2v) is 4.87. The monoisotopic (exact) mass is 269 g/mol. The molecule has 4 heteroatoms. The molecule has 0 aliphatic carbocycles. The number of nitrogens with one attached hydrogen (secondary N) is 1. The first-order valence-corrected chi connectivity index (χ1v) is 6.45. The number of amides is 1. The Balaban J connectivity index is 2.08. The van der Waals surface area contributed by atoms with Crippen molar-refractivity contribution < 1.29 is 14.6 Å². The molecule has 0 saturated heterocycles. The summed E-state index contributed by atoms with van der Waals surface area (Å²) in [5, 5.41) is 12.0. The fraction of sp³-hybridized carbons (Fsp3) is 0.188. The molecule has 2 N–H and O–H groups in total. The number of aliphatic hydroxyl groups excluding tert-OH is 1. The second kappa shape index (κ2) is 4.98. The van der Waals surface area contributed by atoms with E-state index in [4.69, 9.17) is 4.74 Å². The lowest BCUT2D eigenvalue weighted by Gasteiger charge is -2.21. The smallest absolute Gasteiger partial charge is 0.262 e. The quantitative estimate of drug-likeness (QED) is 0.880. The van der Waals surface area contributed by atoms with Gasteiger partial charge < -0.3 is 15.2 Å². The Kier molecular flexibility index (Phi) is 3.16. The van der Waals surface area contributed by atoms with Gasteiger partial charge in [-0.05, 0) is 47.4 Å². The molecule has 1 heterocycles. The summed E-state index contributed by atoms with van der Waals surface area (Å²) >= 11 is 0. The summed E-state index contributed by atoms with van der Waals surface area (Å²) < 4.78 is 5.45. The number of carbonyl (C=O) groups excluding carboxylic acids is 1. The summed E-state index contributed by atoms with van der Waals surface area (Å²) in [7, 11) is 0. The minimum atomic E-state index is -0.141. The lowest BCUT2D eigenvalue weighted by molar-refractivity contribution is -0.118. The number of rotatable bonds is 2. The molecule has 0 aromatic heterocycles. The van der Waals surface area contributed by atoms with Gasteiger partial charge in [-0.15, -0.1) is 0 Å². The SMILES string of the molecule is Cc1cc(-c2cccc(CO)c2)cc2c1OCC(=O)N2. The molecule has 20 heavy (non-hydrogen) atoms. The number of benzene rings is 2. The standard InChI is InChI=1S/C16H15NO3/c1-10-5-13(12-4-2-3-11(6-12)8-18)7-14-16(10)20-9-15(19)17-14/h2-7,18H,8-9H2,1H3,(H,17,19). The Hall–Kier alpha value is -2.33. The Morgan fingerprint density at radius 1 is 1.25 bits per heavy atom. The molecule has 0 fully saturated rings. The van der Waals surface area contributed by atoms with Gasteiger partial charge in [0.15, 0.2) is 6.61 Å². The third kappa shape index (κ3) is 2.26. The van der Waals surface area contributed by atoms with Crippen LogP contribution in [0.3, 0.4) is 0 Å². The van der Waals surface area contributed by atoms with Crippen molar-refractivity contribution in [2.75, 3.05) is 11.9 Å². The summed E-state index contributed by atoms with van der Waals surface area (Å²) in [6, 6.07) is 11.6. The largest absolute Gasteiger partial charge is 0.481 e. The topological polar surface area (TPSA) is 58.6 Å².